The molecule has 2 rings (SSSR count). The fraction of sp³-hybridized carbons (Fsp3) is 0.815. The van der Waals surface area contributed by atoms with Gasteiger partial charge in [0.2, 0.25) is 5.82 Å². The number of morpholine rings is 1. The summed E-state index contributed by atoms with van der Waals surface area (Å²) in [6, 6.07) is 0. The third kappa shape index (κ3) is 10.2. The van der Waals surface area contributed by atoms with E-state index in [1.807, 2.05) is 20.8 Å². The Balaban J connectivity index is 2.27. The van der Waals surface area contributed by atoms with Crippen LogP contribution in [0, 0.1) is 0 Å². The number of nitrogens with zero attached hydrogens (tertiary/aromatic N) is 4. The SMILES string of the molecule is CC(=O)OC(C)C(=O)O[C@@H](C)C(=O)N(C[C@@H](COc1nsnc1N1CCOCC1)O[Si](C)(C)C(C)(C)C)C(C)(C)C. The molecule has 1 aliphatic heterocycles. The quantitative estimate of drug-likeness (QED) is 0.252. The minimum Gasteiger partial charge on any atom is -0.472 e. The van der Waals surface area contributed by atoms with Crippen LogP contribution in [0.1, 0.15) is 62.3 Å². The lowest BCUT2D eigenvalue weighted by molar-refractivity contribution is -0.174. The first-order valence-electron chi connectivity index (χ1n) is 14.0. The second-order valence-corrected chi connectivity index (χ2v) is 18.0. The van der Waals surface area contributed by atoms with Crippen molar-refractivity contribution in [1.29, 1.82) is 0 Å². The number of hydrogen-bond acceptors (Lipinski definition) is 12. The average molecular weight is 617 g/mol. The smallest absolute Gasteiger partial charge is 0.347 e. The van der Waals surface area contributed by atoms with Crippen LogP contribution >= 0.6 is 11.7 Å². The minimum absolute atomic E-state index is 0.0847. The van der Waals surface area contributed by atoms with Crippen LogP contribution in [0.5, 0.6) is 5.88 Å². The molecule has 3 atom stereocenters. The molecule has 234 valence electrons. The van der Waals surface area contributed by atoms with Gasteiger partial charge in [0.15, 0.2) is 20.5 Å². The summed E-state index contributed by atoms with van der Waals surface area (Å²) in [4.78, 5) is 41.1. The second kappa shape index (κ2) is 14.3. The first kappa shape index (κ1) is 34.9. The number of ether oxygens (including phenoxy) is 4. The highest BCUT2D eigenvalue weighted by Gasteiger charge is 2.42. The molecule has 0 spiro atoms. The summed E-state index contributed by atoms with van der Waals surface area (Å²) in [5.74, 6) is -0.692. The lowest BCUT2D eigenvalue weighted by Crippen LogP contribution is -2.56. The molecule has 0 saturated carbocycles. The molecule has 14 heteroatoms. The van der Waals surface area contributed by atoms with Crippen LogP contribution < -0.4 is 9.64 Å². The van der Waals surface area contributed by atoms with Crippen LogP contribution in [0.25, 0.3) is 0 Å². The van der Waals surface area contributed by atoms with Crippen molar-refractivity contribution < 1.29 is 37.8 Å². The Morgan fingerprint density at radius 2 is 1.63 bits per heavy atom. The lowest BCUT2D eigenvalue weighted by Gasteiger charge is -2.43. The monoisotopic (exact) mass is 616 g/mol. The maximum Gasteiger partial charge on any atom is 0.347 e. The zero-order chi connectivity index (χ0) is 31.2. The zero-order valence-corrected chi connectivity index (χ0v) is 28.3. The van der Waals surface area contributed by atoms with Gasteiger partial charge in [-0.1, -0.05) is 20.8 Å². The molecule has 12 nitrogen and oxygen atoms in total. The molecular weight excluding hydrogens is 568 g/mol. The molecule has 0 aliphatic carbocycles. The van der Waals surface area contributed by atoms with E-state index < -0.39 is 50.0 Å². The molecule has 1 amide bonds. The molecule has 0 N–H and O–H groups in total. The van der Waals surface area contributed by atoms with Gasteiger partial charge in [-0.25, -0.2) is 4.79 Å². The minimum atomic E-state index is -2.29. The Morgan fingerprint density at radius 3 is 2.17 bits per heavy atom. The van der Waals surface area contributed by atoms with E-state index in [4.69, 9.17) is 23.4 Å². The molecule has 0 aromatic carbocycles. The highest BCUT2D eigenvalue weighted by atomic mass is 32.1. The van der Waals surface area contributed by atoms with E-state index in [1.54, 1.807) is 4.90 Å². The molecule has 1 aromatic rings. The van der Waals surface area contributed by atoms with Crippen LogP contribution in [0.4, 0.5) is 5.82 Å². The number of hydrogen-bond donors (Lipinski definition) is 0. The van der Waals surface area contributed by atoms with Gasteiger partial charge in [-0.3, -0.25) is 9.59 Å². The maximum atomic E-state index is 13.7. The molecule has 1 aromatic heterocycles. The Kier molecular flexibility index (Phi) is 12.1. The van der Waals surface area contributed by atoms with Crippen molar-refractivity contribution in [1.82, 2.24) is 13.6 Å². The normalized spacial score (nSPS) is 16.9. The molecule has 1 aliphatic rings. The Hall–Kier alpha value is -2.29. The van der Waals surface area contributed by atoms with Crippen molar-refractivity contribution in [3.05, 3.63) is 0 Å². The third-order valence-corrected chi connectivity index (χ3v) is 12.2. The van der Waals surface area contributed by atoms with Crippen molar-refractivity contribution in [2.45, 2.75) is 104 Å². The first-order chi connectivity index (χ1) is 18.8. The van der Waals surface area contributed by atoms with Gasteiger partial charge in [0.1, 0.15) is 6.61 Å². The van der Waals surface area contributed by atoms with Gasteiger partial charge in [-0.15, -0.1) is 4.37 Å². The lowest BCUT2D eigenvalue weighted by atomic mass is 10.0. The summed E-state index contributed by atoms with van der Waals surface area (Å²) >= 11 is 1.08. The Bertz CT molecular complexity index is 1030. The standard InChI is InChI=1S/C27H48N4O8SSi/c1-18(38-25(34)19(2)37-20(3)32)24(33)31(26(4,5)6)16-21(39-41(10,11)27(7,8)9)17-36-23-22(28-40-29-23)30-12-14-35-15-13-30/h18-19,21H,12-17H2,1-11H3/t18-,19?,21-/m0/s1. The third-order valence-electron chi connectivity index (χ3n) is 7.20. The Labute approximate surface area is 249 Å². The summed E-state index contributed by atoms with van der Waals surface area (Å²) in [6.07, 6.45) is -2.73. The van der Waals surface area contributed by atoms with Crippen molar-refractivity contribution >= 4 is 43.7 Å². The van der Waals surface area contributed by atoms with Crippen molar-refractivity contribution in [2.75, 3.05) is 44.4 Å². The number of anilines is 1. The van der Waals surface area contributed by atoms with Crippen molar-refractivity contribution in [3.8, 4) is 5.88 Å². The summed E-state index contributed by atoms with van der Waals surface area (Å²) in [5, 5.41) is -0.0847. The van der Waals surface area contributed by atoms with E-state index in [9.17, 15) is 14.4 Å². The summed E-state index contributed by atoms with van der Waals surface area (Å²) in [5.41, 5.74) is -0.630. The molecule has 1 fully saturated rings. The average Bonchev–Trinajstić information content (AvgIpc) is 3.32. The summed E-state index contributed by atoms with van der Waals surface area (Å²) in [6.45, 7) is 23.5. The molecule has 1 unspecified atom stereocenters. The van der Waals surface area contributed by atoms with Crippen molar-refractivity contribution in [3.63, 3.8) is 0 Å². The van der Waals surface area contributed by atoms with Crippen LogP contribution in [0.2, 0.25) is 18.1 Å². The van der Waals surface area contributed by atoms with Gasteiger partial charge < -0.3 is 33.2 Å². The maximum absolute atomic E-state index is 13.7. The number of rotatable bonds is 12. The van der Waals surface area contributed by atoms with E-state index in [1.165, 1.54) is 20.8 Å². The molecule has 0 bridgehead atoms. The van der Waals surface area contributed by atoms with Gasteiger partial charge in [0.05, 0.1) is 31.0 Å². The van der Waals surface area contributed by atoms with E-state index in [0.29, 0.717) is 38.0 Å². The topological polar surface area (TPSA) is 130 Å². The molecule has 41 heavy (non-hydrogen) atoms. The highest BCUT2D eigenvalue weighted by molar-refractivity contribution is 6.99. The predicted molar refractivity (Wildman–Crippen MR) is 159 cm³/mol. The highest BCUT2D eigenvalue weighted by Crippen LogP contribution is 2.38. The number of esters is 2. The largest absolute Gasteiger partial charge is 0.472 e. The number of carbonyl (C=O) groups excluding carboxylic acids is 3. The van der Waals surface area contributed by atoms with E-state index in [2.05, 4.69) is 47.5 Å². The van der Waals surface area contributed by atoms with Crippen LogP contribution in [-0.2, 0) is 33.0 Å². The predicted octanol–water partition coefficient (Wildman–Crippen LogP) is 3.65. The van der Waals surface area contributed by atoms with Crippen LogP contribution in [0.3, 0.4) is 0 Å². The summed E-state index contributed by atoms with van der Waals surface area (Å²) in [7, 11) is -2.29. The molecule has 0 radical (unpaired) electrons. The Morgan fingerprint density at radius 1 is 1.02 bits per heavy atom. The van der Waals surface area contributed by atoms with Crippen LogP contribution in [0.15, 0.2) is 0 Å². The fourth-order valence-corrected chi connectivity index (χ4v) is 5.71. The first-order valence-corrected chi connectivity index (χ1v) is 17.6. The van der Waals surface area contributed by atoms with Gasteiger partial charge in [0, 0.05) is 32.1 Å². The molecular formula is C27H48N4O8SSi. The van der Waals surface area contributed by atoms with Gasteiger partial charge in [-0.05, 0) is 52.8 Å². The van der Waals surface area contributed by atoms with E-state index >= 15 is 0 Å². The molecule has 1 saturated heterocycles. The molecule has 2 heterocycles. The number of aromatic nitrogens is 2. The van der Waals surface area contributed by atoms with E-state index in [0.717, 1.165) is 11.7 Å². The number of carbonyl (C=O) groups is 3. The second-order valence-electron chi connectivity index (χ2n) is 12.8. The summed E-state index contributed by atoms with van der Waals surface area (Å²) < 4.78 is 37.6. The fourth-order valence-electron chi connectivity index (χ4n) is 3.86. The van der Waals surface area contributed by atoms with Gasteiger partial charge in [-0.2, -0.15) is 4.37 Å². The van der Waals surface area contributed by atoms with Gasteiger partial charge >= 0.3 is 11.9 Å². The van der Waals surface area contributed by atoms with Crippen LogP contribution in [-0.4, -0.2) is 103 Å². The van der Waals surface area contributed by atoms with Crippen molar-refractivity contribution in [2.24, 2.45) is 0 Å². The van der Waals surface area contributed by atoms with E-state index in [-0.39, 0.29) is 18.2 Å². The number of amides is 1. The zero-order valence-electron chi connectivity index (χ0n) is 26.4. The van der Waals surface area contributed by atoms with Gasteiger partial charge in [0.25, 0.3) is 11.8 Å².